The second-order valence-corrected chi connectivity index (χ2v) is 7.19. The van der Waals surface area contributed by atoms with Crippen molar-refractivity contribution in [2.45, 2.75) is 19.8 Å². The molecule has 0 aliphatic carbocycles. The van der Waals surface area contributed by atoms with Crippen LogP contribution in [0.15, 0.2) is 47.9 Å². The third-order valence-electron chi connectivity index (χ3n) is 5.44. The maximum atomic E-state index is 9.89. The first-order valence-corrected chi connectivity index (χ1v) is 9.43. The van der Waals surface area contributed by atoms with E-state index in [1.165, 1.54) is 5.56 Å². The van der Waals surface area contributed by atoms with Crippen LogP contribution in [0.1, 0.15) is 28.2 Å². The van der Waals surface area contributed by atoms with Gasteiger partial charge in [-0.3, -0.25) is 5.10 Å². The molecule has 1 aliphatic heterocycles. The van der Waals surface area contributed by atoms with E-state index in [2.05, 4.69) is 42.2 Å². The average Bonchev–Trinajstić information content (AvgIpc) is 3.17. The van der Waals surface area contributed by atoms with Crippen LogP contribution in [-0.2, 0) is 0 Å². The molecule has 1 aliphatic rings. The molecule has 0 fully saturated rings. The molecule has 3 aromatic rings. The summed E-state index contributed by atoms with van der Waals surface area (Å²) in [7, 11) is 3.17. The second kappa shape index (κ2) is 7.48. The van der Waals surface area contributed by atoms with E-state index in [0.29, 0.717) is 23.0 Å². The lowest BCUT2D eigenvalue weighted by Crippen LogP contribution is -2.21. The minimum atomic E-state index is -0.488. The van der Waals surface area contributed by atoms with Crippen molar-refractivity contribution < 1.29 is 14.2 Å². The van der Waals surface area contributed by atoms with Gasteiger partial charge < -0.3 is 19.9 Å². The van der Waals surface area contributed by atoms with Gasteiger partial charge in [0.25, 0.3) is 0 Å². The highest BCUT2D eigenvalue weighted by atomic mass is 16.5. The summed E-state index contributed by atoms with van der Waals surface area (Å²) in [6.07, 6.45) is 0. The molecule has 0 saturated heterocycles. The summed E-state index contributed by atoms with van der Waals surface area (Å²) in [5.74, 6) is 1.13. The third kappa shape index (κ3) is 3.12. The van der Waals surface area contributed by atoms with Gasteiger partial charge in [0.15, 0.2) is 0 Å². The summed E-state index contributed by atoms with van der Waals surface area (Å²) < 4.78 is 16.6. The van der Waals surface area contributed by atoms with Crippen LogP contribution in [0.4, 0.5) is 0 Å². The van der Waals surface area contributed by atoms with Crippen molar-refractivity contribution >= 4 is 0 Å². The zero-order chi connectivity index (χ0) is 21.4. The summed E-state index contributed by atoms with van der Waals surface area (Å²) in [4.78, 5) is 0. The van der Waals surface area contributed by atoms with E-state index in [1.54, 1.807) is 20.3 Å². The van der Waals surface area contributed by atoms with E-state index in [-0.39, 0.29) is 5.88 Å². The Bertz CT molecular complexity index is 1180. The minimum Gasteiger partial charge on any atom is -0.497 e. The Morgan fingerprint density at radius 2 is 1.77 bits per heavy atom. The number of hydrogen-bond donors (Lipinski definition) is 2. The standard InChI is InChI=1S/C23H22N4O3/c1-12-5-6-14(7-13(12)2)21-20-19(15-8-16(28-3)10-17(9-15)29-4)18(11-24)22(25)30-23(20)27-26-21/h5-10,19H,25H2,1-4H3,(H,26,27)/t19-/m1/s1. The Morgan fingerprint density at radius 3 is 2.37 bits per heavy atom. The molecule has 30 heavy (non-hydrogen) atoms. The van der Waals surface area contributed by atoms with Crippen molar-refractivity contribution in [2.75, 3.05) is 14.2 Å². The molecule has 3 N–H and O–H groups in total. The molecule has 152 valence electrons. The molecular weight excluding hydrogens is 380 g/mol. The third-order valence-corrected chi connectivity index (χ3v) is 5.44. The van der Waals surface area contributed by atoms with Gasteiger partial charge in [-0.1, -0.05) is 12.1 Å². The number of hydrogen-bond acceptors (Lipinski definition) is 6. The average molecular weight is 402 g/mol. The number of nitriles is 1. The zero-order valence-electron chi connectivity index (χ0n) is 17.2. The number of nitrogens with one attached hydrogen (secondary N) is 1. The van der Waals surface area contributed by atoms with Crippen LogP contribution in [0.3, 0.4) is 0 Å². The summed E-state index contributed by atoms with van der Waals surface area (Å²) >= 11 is 0. The first-order chi connectivity index (χ1) is 14.5. The van der Waals surface area contributed by atoms with Crippen LogP contribution < -0.4 is 19.9 Å². The van der Waals surface area contributed by atoms with Crippen LogP contribution in [0.5, 0.6) is 17.4 Å². The van der Waals surface area contributed by atoms with Gasteiger partial charge in [0.1, 0.15) is 23.1 Å². The van der Waals surface area contributed by atoms with E-state index >= 15 is 0 Å². The van der Waals surface area contributed by atoms with Gasteiger partial charge in [0, 0.05) is 11.6 Å². The highest BCUT2D eigenvalue weighted by Gasteiger charge is 2.36. The van der Waals surface area contributed by atoms with Gasteiger partial charge >= 0.3 is 0 Å². The van der Waals surface area contributed by atoms with Gasteiger partial charge in [-0.05, 0) is 48.7 Å². The van der Waals surface area contributed by atoms with Crippen LogP contribution in [0.25, 0.3) is 11.3 Å². The van der Waals surface area contributed by atoms with Gasteiger partial charge in [0.2, 0.25) is 11.8 Å². The molecule has 0 radical (unpaired) electrons. The molecule has 2 heterocycles. The summed E-state index contributed by atoms with van der Waals surface area (Å²) in [5.41, 5.74) is 12.0. The van der Waals surface area contributed by atoms with E-state index in [0.717, 1.165) is 27.9 Å². The largest absolute Gasteiger partial charge is 0.497 e. The Morgan fingerprint density at radius 1 is 1.07 bits per heavy atom. The molecule has 0 unspecified atom stereocenters. The van der Waals surface area contributed by atoms with Crippen molar-refractivity contribution in [3.05, 3.63) is 70.1 Å². The van der Waals surface area contributed by atoms with Crippen LogP contribution >= 0.6 is 0 Å². The molecule has 0 saturated carbocycles. The monoisotopic (exact) mass is 402 g/mol. The lowest BCUT2D eigenvalue weighted by Gasteiger charge is -2.25. The molecule has 4 rings (SSSR count). The fraction of sp³-hybridized carbons (Fsp3) is 0.217. The highest BCUT2D eigenvalue weighted by molar-refractivity contribution is 5.72. The Kier molecular flexibility index (Phi) is 4.84. The van der Waals surface area contributed by atoms with E-state index < -0.39 is 5.92 Å². The molecule has 0 bridgehead atoms. The zero-order valence-corrected chi connectivity index (χ0v) is 17.2. The van der Waals surface area contributed by atoms with Crippen molar-refractivity contribution in [3.63, 3.8) is 0 Å². The Balaban J connectivity index is 1.97. The number of aromatic amines is 1. The summed E-state index contributed by atoms with van der Waals surface area (Å²) in [5, 5.41) is 17.3. The van der Waals surface area contributed by atoms with Gasteiger partial charge in [-0.25, -0.2) is 0 Å². The Hall–Kier alpha value is -3.92. The number of fused-ring (bicyclic) bond motifs is 1. The van der Waals surface area contributed by atoms with E-state index in [1.807, 2.05) is 18.2 Å². The van der Waals surface area contributed by atoms with Gasteiger partial charge in [-0.2, -0.15) is 5.26 Å². The van der Waals surface area contributed by atoms with Crippen LogP contribution in [0.2, 0.25) is 0 Å². The van der Waals surface area contributed by atoms with Gasteiger partial charge in [0.05, 0.1) is 31.4 Å². The lowest BCUT2D eigenvalue weighted by molar-refractivity contribution is 0.377. The quantitative estimate of drug-likeness (QED) is 0.685. The number of nitrogens with two attached hydrogens (primary N) is 1. The number of ether oxygens (including phenoxy) is 3. The number of aromatic nitrogens is 2. The van der Waals surface area contributed by atoms with Crippen molar-refractivity contribution in [1.29, 1.82) is 5.26 Å². The molecule has 7 heteroatoms. The molecule has 7 nitrogen and oxygen atoms in total. The number of methoxy groups -OCH3 is 2. The SMILES string of the molecule is COc1cc(OC)cc([C@@H]2C(C#N)=C(N)Oc3n[nH]c(-c4ccc(C)c(C)c4)c32)c1. The van der Waals surface area contributed by atoms with Crippen LogP contribution in [0, 0.1) is 25.2 Å². The molecule has 2 aromatic carbocycles. The molecule has 0 amide bonds. The summed E-state index contributed by atoms with van der Waals surface area (Å²) in [6.45, 7) is 4.12. The predicted octanol–water partition coefficient (Wildman–Crippen LogP) is 3.93. The summed E-state index contributed by atoms with van der Waals surface area (Å²) in [6, 6.07) is 13.9. The fourth-order valence-corrected chi connectivity index (χ4v) is 3.69. The number of nitrogens with zero attached hydrogens (tertiary/aromatic N) is 2. The molecule has 1 aromatic heterocycles. The smallest absolute Gasteiger partial charge is 0.244 e. The Labute approximate surface area is 174 Å². The topological polar surface area (TPSA) is 106 Å². The lowest BCUT2D eigenvalue weighted by atomic mass is 9.82. The van der Waals surface area contributed by atoms with Crippen molar-refractivity contribution in [2.24, 2.45) is 5.73 Å². The predicted molar refractivity (Wildman–Crippen MR) is 112 cm³/mol. The second-order valence-electron chi connectivity index (χ2n) is 7.19. The number of benzene rings is 2. The number of rotatable bonds is 4. The fourth-order valence-electron chi connectivity index (χ4n) is 3.69. The normalized spacial score (nSPS) is 15.2. The minimum absolute atomic E-state index is 0.0370. The number of aryl methyl sites for hydroxylation is 2. The highest BCUT2D eigenvalue weighted by Crippen LogP contribution is 2.47. The van der Waals surface area contributed by atoms with Gasteiger partial charge in [-0.15, -0.1) is 5.10 Å². The molecule has 1 atom stereocenters. The number of allylic oxidation sites excluding steroid dienone is 1. The number of H-pyrrole nitrogens is 1. The molecule has 0 spiro atoms. The van der Waals surface area contributed by atoms with E-state index in [4.69, 9.17) is 19.9 Å². The van der Waals surface area contributed by atoms with Crippen molar-refractivity contribution in [1.82, 2.24) is 10.2 Å². The van der Waals surface area contributed by atoms with Crippen LogP contribution in [-0.4, -0.2) is 24.4 Å². The van der Waals surface area contributed by atoms with Crippen molar-refractivity contribution in [3.8, 4) is 34.7 Å². The first-order valence-electron chi connectivity index (χ1n) is 9.43. The molecular formula is C23H22N4O3. The first kappa shape index (κ1) is 19.4. The maximum absolute atomic E-state index is 9.89. The van der Waals surface area contributed by atoms with E-state index in [9.17, 15) is 5.26 Å². The maximum Gasteiger partial charge on any atom is 0.244 e.